The van der Waals surface area contributed by atoms with Crippen LogP contribution in [-0.4, -0.2) is 36.7 Å². The molecule has 0 unspecified atom stereocenters. The SMILES string of the molecule is CC(C)(C)c1ccc(CN(Cc2cccc(OCC(=O)O)c2)S(C)(=O)=O)cc1.[H-].[Na+]. The molecule has 1 N–H and O–H groups in total. The maximum Gasteiger partial charge on any atom is 1.00 e. The predicted molar refractivity (Wildman–Crippen MR) is 110 cm³/mol. The normalized spacial score (nSPS) is 11.8. The molecule has 29 heavy (non-hydrogen) atoms. The Morgan fingerprint density at radius 1 is 1.07 bits per heavy atom. The molecule has 0 saturated heterocycles. The second kappa shape index (κ2) is 10.6. The van der Waals surface area contributed by atoms with Crippen molar-refractivity contribution in [3.8, 4) is 5.75 Å². The number of aliphatic carboxylic acids is 1. The molecule has 2 aromatic carbocycles. The van der Waals surface area contributed by atoms with Gasteiger partial charge in [-0.25, -0.2) is 13.2 Å². The van der Waals surface area contributed by atoms with Crippen molar-refractivity contribution in [3.63, 3.8) is 0 Å². The third-order valence-electron chi connectivity index (χ3n) is 4.27. The topological polar surface area (TPSA) is 83.9 Å². The minimum atomic E-state index is -3.44. The molecule has 154 valence electrons. The summed E-state index contributed by atoms with van der Waals surface area (Å²) in [5.74, 6) is -0.676. The standard InChI is InChI=1S/C21H27NO5S.Na.H/c1-21(2,3)18-10-8-16(9-11-18)13-22(28(4,25)26)14-17-6-5-7-19(12-17)27-15-20(23)24;;/h5-12H,13-15H2,1-4H3,(H,23,24);;/q;+1;-1. The van der Waals surface area contributed by atoms with Crippen LogP contribution < -0.4 is 34.3 Å². The van der Waals surface area contributed by atoms with Crippen LogP contribution in [0.1, 0.15) is 38.9 Å². The molecule has 0 aliphatic heterocycles. The van der Waals surface area contributed by atoms with Crippen LogP contribution in [0.2, 0.25) is 0 Å². The largest absolute Gasteiger partial charge is 1.00 e. The van der Waals surface area contributed by atoms with Crippen molar-refractivity contribution in [1.29, 1.82) is 0 Å². The van der Waals surface area contributed by atoms with Gasteiger partial charge in [0.05, 0.1) is 6.26 Å². The zero-order chi connectivity index (χ0) is 20.9. The van der Waals surface area contributed by atoms with E-state index in [-0.39, 0.29) is 49.5 Å². The van der Waals surface area contributed by atoms with E-state index in [2.05, 4.69) is 20.8 Å². The fourth-order valence-electron chi connectivity index (χ4n) is 2.69. The van der Waals surface area contributed by atoms with E-state index in [1.165, 1.54) is 16.1 Å². The van der Waals surface area contributed by atoms with Crippen LogP contribution in [0.5, 0.6) is 5.75 Å². The fourth-order valence-corrected chi connectivity index (χ4v) is 3.45. The van der Waals surface area contributed by atoms with Gasteiger partial charge in [-0.3, -0.25) is 0 Å². The van der Waals surface area contributed by atoms with Gasteiger partial charge in [-0.15, -0.1) is 0 Å². The Balaban J connectivity index is 0.00000420. The summed E-state index contributed by atoms with van der Waals surface area (Å²) in [4.78, 5) is 10.6. The monoisotopic (exact) mass is 429 g/mol. The van der Waals surface area contributed by atoms with Crippen molar-refractivity contribution in [2.45, 2.75) is 39.3 Å². The van der Waals surface area contributed by atoms with Crippen LogP contribution in [0.4, 0.5) is 0 Å². The Kier molecular flexibility index (Phi) is 9.37. The van der Waals surface area contributed by atoms with Crippen molar-refractivity contribution in [1.82, 2.24) is 4.31 Å². The van der Waals surface area contributed by atoms with Crippen LogP contribution in [0, 0.1) is 0 Å². The number of hydrogen-bond acceptors (Lipinski definition) is 4. The number of carbonyl (C=O) groups is 1. The van der Waals surface area contributed by atoms with E-state index in [1.54, 1.807) is 24.3 Å². The molecule has 0 spiro atoms. The van der Waals surface area contributed by atoms with Gasteiger partial charge in [0.25, 0.3) is 0 Å². The molecule has 0 aliphatic rings. The van der Waals surface area contributed by atoms with E-state index in [1.807, 2.05) is 24.3 Å². The van der Waals surface area contributed by atoms with E-state index < -0.39 is 22.6 Å². The van der Waals surface area contributed by atoms with Crippen molar-refractivity contribution >= 4 is 16.0 Å². The molecule has 0 bridgehead atoms. The molecule has 2 aromatic rings. The Morgan fingerprint density at radius 3 is 2.17 bits per heavy atom. The average Bonchev–Trinajstić information content (AvgIpc) is 2.59. The van der Waals surface area contributed by atoms with Gasteiger partial charge in [-0.1, -0.05) is 57.2 Å². The first-order valence-electron chi connectivity index (χ1n) is 8.93. The number of nitrogens with zero attached hydrogens (tertiary/aromatic N) is 1. The van der Waals surface area contributed by atoms with E-state index >= 15 is 0 Å². The molecule has 0 radical (unpaired) electrons. The first-order valence-corrected chi connectivity index (χ1v) is 10.8. The van der Waals surface area contributed by atoms with Gasteiger partial charge < -0.3 is 11.3 Å². The summed E-state index contributed by atoms with van der Waals surface area (Å²) in [6.07, 6.45) is 1.18. The quantitative estimate of drug-likeness (QED) is 0.619. The molecule has 0 fully saturated rings. The first kappa shape index (κ1) is 25.7. The van der Waals surface area contributed by atoms with Crippen molar-refractivity contribution < 1.29 is 54.0 Å². The predicted octanol–water partition coefficient (Wildman–Crippen LogP) is 0.526. The molecule has 0 aliphatic carbocycles. The maximum atomic E-state index is 12.3. The third-order valence-corrected chi connectivity index (χ3v) is 5.46. The van der Waals surface area contributed by atoms with Gasteiger partial charge in [0.1, 0.15) is 5.75 Å². The average molecular weight is 430 g/mol. The van der Waals surface area contributed by atoms with Crippen molar-refractivity contribution in [3.05, 3.63) is 65.2 Å². The second-order valence-electron chi connectivity index (χ2n) is 7.81. The summed E-state index contributed by atoms with van der Waals surface area (Å²) >= 11 is 0. The van der Waals surface area contributed by atoms with Gasteiger partial charge in [-0.2, -0.15) is 4.31 Å². The molecule has 0 atom stereocenters. The number of sulfonamides is 1. The first-order chi connectivity index (χ1) is 12.9. The number of carboxylic acids is 1. The Hall–Kier alpha value is -1.38. The van der Waals surface area contributed by atoms with Gasteiger partial charge in [-0.05, 0) is 34.2 Å². The van der Waals surface area contributed by atoms with E-state index in [0.717, 1.165) is 11.1 Å². The molecule has 2 rings (SSSR count). The van der Waals surface area contributed by atoms with Crippen LogP contribution in [0.15, 0.2) is 48.5 Å². The van der Waals surface area contributed by atoms with E-state index in [0.29, 0.717) is 5.75 Å². The second-order valence-corrected chi connectivity index (χ2v) is 9.79. The minimum absolute atomic E-state index is 0. The van der Waals surface area contributed by atoms with Gasteiger partial charge in [0.2, 0.25) is 10.0 Å². The van der Waals surface area contributed by atoms with Crippen molar-refractivity contribution in [2.75, 3.05) is 12.9 Å². The summed E-state index contributed by atoms with van der Waals surface area (Å²) in [6.45, 7) is 6.37. The smallest absolute Gasteiger partial charge is 1.00 e. The van der Waals surface area contributed by atoms with Crippen LogP contribution in [0.3, 0.4) is 0 Å². The van der Waals surface area contributed by atoms with E-state index in [4.69, 9.17) is 9.84 Å². The Morgan fingerprint density at radius 2 is 1.66 bits per heavy atom. The van der Waals surface area contributed by atoms with Gasteiger partial charge in [0.15, 0.2) is 6.61 Å². The molecule has 0 heterocycles. The van der Waals surface area contributed by atoms with Crippen LogP contribution in [0.25, 0.3) is 0 Å². The summed E-state index contributed by atoms with van der Waals surface area (Å²) in [6, 6.07) is 14.7. The summed E-state index contributed by atoms with van der Waals surface area (Å²) in [7, 11) is -3.44. The Labute approximate surface area is 196 Å². The molecule has 6 nitrogen and oxygen atoms in total. The van der Waals surface area contributed by atoms with Crippen LogP contribution >= 0.6 is 0 Å². The van der Waals surface area contributed by atoms with Gasteiger partial charge in [0, 0.05) is 13.1 Å². The number of hydrogen-bond donors (Lipinski definition) is 1. The van der Waals surface area contributed by atoms with Crippen molar-refractivity contribution in [2.24, 2.45) is 0 Å². The molecular formula is C21H28NNaO5S. The number of rotatable bonds is 8. The number of carboxylic acid groups (broad SMARTS) is 1. The maximum absolute atomic E-state index is 12.3. The Bertz CT molecular complexity index is 927. The minimum Gasteiger partial charge on any atom is -1.00 e. The molecule has 0 amide bonds. The third kappa shape index (κ3) is 8.48. The number of ether oxygens (including phenoxy) is 1. The summed E-state index contributed by atoms with van der Waals surface area (Å²) in [5.41, 5.74) is 2.84. The van der Waals surface area contributed by atoms with Crippen LogP contribution in [-0.2, 0) is 33.3 Å². The zero-order valence-corrected chi connectivity index (χ0v) is 20.5. The molecule has 8 heteroatoms. The molecular weight excluding hydrogens is 401 g/mol. The summed E-state index contributed by atoms with van der Waals surface area (Å²) in [5, 5.41) is 8.72. The molecule has 0 saturated carbocycles. The van der Waals surface area contributed by atoms with Gasteiger partial charge >= 0.3 is 35.5 Å². The van der Waals surface area contributed by atoms with E-state index in [9.17, 15) is 13.2 Å². The molecule has 0 aromatic heterocycles. The fraction of sp³-hybridized carbons (Fsp3) is 0.381. The summed E-state index contributed by atoms with van der Waals surface area (Å²) < 4.78 is 31.1. The number of benzene rings is 2. The zero-order valence-electron chi connectivity index (χ0n) is 18.7.